The number of carbonyl (C=O) groups is 2. The molecule has 1 heterocycles. The Labute approximate surface area is 205 Å². The van der Waals surface area contributed by atoms with Gasteiger partial charge in [0.15, 0.2) is 0 Å². The topological polar surface area (TPSA) is 77.8 Å². The number of hydrogen-bond acceptors (Lipinski definition) is 3. The Hall–Kier alpha value is -2.08. The van der Waals surface area contributed by atoms with Crippen LogP contribution in [0.3, 0.4) is 0 Å². The predicted molar refractivity (Wildman–Crippen MR) is 131 cm³/mol. The van der Waals surface area contributed by atoms with E-state index >= 15 is 0 Å². The van der Waals surface area contributed by atoms with Gasteiger partial charge in [0.2, 0.25) is 5.91 Å². The second-order valence-corrected chi connectivity index (χ2v) is 10.2. The van der Waals surface area contributed by atoms with E-state index in [0.29, 0.717) is 22.9 Å². The van der Waals surface area contributed by atoms with Crippen LogP contribution in [0.15, 0.2) is 48.5 Å². The Balaban J connectivity index is 2.25. The highest BCUT2D eigenvalue weighted by molar-refractivity contribution is 6.30. The summed E-state index contributed by atoms with van der Waals surface area (Å²) in [5.74, 6) is -1.58. The Kier molecular flexibility index (Phi) is 8.09. The van der Waals surface area contributed by atoms with Crippen molar-refractivity contribution in [3.63, 3.8) is 0 Å². The molecule has 1 amide bonds. The number of carbonyl (C=O) groups excluding carboxylic acids is 1. The monoisotopic (exact) mass is 491 g/mol. The third-order valence-corrected chi connectivity index (χ3v) is 7.34. The molecule has 0 radical (unpaired) electrons. The van der Waals surface area contributed by atoms with E-state index in [1.807, 2.05) is 49.1 Å². The molecule has 0 spiro atoms. The lowest BCUT2D eigenvalue weighted by atomic mass is 9.66. The summed E-state index contributed by atoms with van der Waals surface area (Å²) in [5, 5.41) is 20.8. The first-order chi connectivity index (χ1) is 15.6. The van der Waals surface area contributed by atoms with E-state index in [1.54, 1.807) is 25.1 Å². The minimum absolute atomic E-state index is 0.0763. The molecule has 2 N–H and O–H groups in total. The van der Waals surface area contributed by atoms with E-state index in [4.69, 9.17) is 23.2 Å². The number of piperidine rings is 1. The van der Waals surface area contributed by atoms with Gasteiger partial charge in [-0.1, -0.05) is 68.2 Å². The molecule has 0 aromatic heterocycles. The predicted octanol–water partition coefficient (Wildman–Crippen LogP) is 5.94. The summed E-state index contributed by atoms with van der Waals surface area (Å²) in [4.78, 5) is 27.7. The van der Waals surface area contributed by atoms with Crippen molar-refractivity contribution >= 4 is 35.1 Å². The summed E-state index contributed by atoms with van der Waals surface area (Å²) in [5.41, 5.74) is 0.770. The lowest BCUT2D eigenvalue weighted by Crippen LogP contribution is -2.57. The second-order valence-electron chi connectivity index (χ2n) is 9.34. The number of carboxylic acid groups (broad SMARTS) is 1. The fourth-order valence-electron chi connectivity index (χ4n) is 5.24. The number of carboxylic acids is 1. The van der Waals surface area contributed by atoms with Crippen LogP contribution in [0, 0.1) is 11.3 Å². The third kappa shape index (κ3) is 5.37. The second kappa shape index (κ2) is 10.5. The van der Waals surface area contributed by atoms with Gasteiger partial charge >= 0.3 is 5.97 Å². The molecule has 5 atom stereocenters. The largest absolute Gasteiger partial charge is 0.481 e. The zero-order valence-electron chi connectivity index (χ0n) is 19.2. The van der Waals surface area contributed by atoms with Crippen LogP contribution in [0.5, 0.6) is 0 Å². The lowest BCUT2D eigenvalue weighted by molar-refractivity contribution is -0.162. The molecule has 0 bridgehead atoms. The number of aliphatic carboxylic acids is 1. The van der Waals surface area contributed by atoms with Gasteiger partial charge in [-0.25, -0.2) is 0 Å². The zero-order valence-corrected chi connectivity index (χ0v) is 20.7. The number of aliphatic hydroxyl groups is 1. The molecule has 5 nitrogen and oxygen atoms in total. The minimum Gasteiger partial charge on any atom is -0.481 e. The highest BCUT2D eigenvalue weighted by Gasteiger charge is 2.52. The van der Waals surface area contributed by atoms with Crippen molar-refractivity contribution in [1.29, 1.82) is 0 Å². The van der Waals surface area contributed by atoms with Crippen LogP contribution in [0.2, 0.25) is 10.0 Å². The first kappa shape index (κ1) is 25.5. The molecule has 33 heavy (non-hydrogen) atoms. The minimum atomic E-state index is -1.09. The molecule has 0 unspecified atom stereocenters. The number of amides is 1. The maximum atomic E-state index is 14.0. The quantitative estimate of drug-likeness (QED) is 0.478. The van der Waals surface area contributed by atoms with E-state index in [-0.39, 0.29) is 42.9 Å². The first-order valence-corrected chi connectivity index (χ1v) is 12.0. The van der Waals surface area contributed by atoms with E-state index in [0.717, 1.165) is 11.1 Å². The number of rotatable bonds is 8. The Bertz CT molecular complexity index is 996. The van der Waals surface area contributed by atoms with Crippen molar-refractivity contribution in [2.24, 2.45) is 11.3 Å². The van der Waals surface area contributed by atoms with Crippen LogP contribution < -0.4 is 0 Å². The number of aliphatic hydroxyl groups excluding tert-OH is 1. The van der Waals surface area contributed by atoms with Crippen LogP contribution in [0.4, 0.5) is 0 Å². The number of hydrogen-bond donors (Lipinski definition) is 2. The van der Waals surface area contributed by atoms with Gasteiger partial charge < -0.3 is 15.1 Å². The molecule has 0 aliphatic carbocycles. The van der Waals surface area contributed by atoms with Gasteiger partial charge in [-0.15, -0.1) is 0 Å². The van der Waals surface area contributed by atoms with Crippen molar-refractivity contribution in [3.8, 4) is 0 Å². The molecule has 178 valence electrons. The highest BCUT2D eigenvalue weighted by atomic mass is 35.5. The van der Waals surface area contributed by atoms with Gasteiger partial charge in [-0.3, -0.25) is 9.59 Å². The van der Waals surface area contributed by atoms with Crippen LogP contribution >= 0.6 is 23.2 Å². The molecule has 2 aromatic rings. The van der Waals surface area contributed by atoms with Crippen molar-refractivity contribution in [2.75, 3.05) is 6.61 Å². The fourth-order valence-corrected chi connectivity index (χ4v) is 5.56. The van der Waals surface area contributed by atoms with Gasteiger partial charge in [0.1, 0.15) is 0 Å². The third-order valence-electron chi connectivity index (χ3n) is 6.85. The lowest BCUT2D eigenvalue weighted by Gasteiger charge is -2.52. The van der Waals surface area contributed by atoms with Gasteiger partial charge in [-0.05, 0) is 54.2 Å². The summed E-state index contributed by atoms with van der Waals surface area (Å²) < 4.78 is 0. The standard InChI is InChI=1S/C26H31Cl2NO4/c1-4-22(16(2)15-30)29-24(17-8-10-19(27)11-9-17)21(18-6-5-7-20(28)12-18)13-26(3,25(29)33)14-23(31)32/h5-12,16,21-22,24,30H,4,13-15H2,1-3H3,(H,31,32)/t16-,21-,22+,24-,26-/m1/s1. The van der Waals surface area contributed by atoms with Crippen molar-refractivity contribution in [1.82, 2.24) is 4.90 Å². The Morgan fingerprint density at radius 2 is 1.82 bits per heavy atom. The van der Waals surface area contributed by atoms with E-state index < -0.39 is 11.4 Å². The first-order valence-electron chi connectivity index (χ1n) is 11.3. The number of nitrogens with zero attached hydrogens (tertiary/aromatic N) is 1. The smallest absolute Gasteiger partial charge is 0.304 e. The maximum absolute atomic E-state index is 14.0. The van der Waals surface area contributed by atoms with Crippen molar-refractivity contribution < 1.29 is 19.8 Å². The Morgan fingerprint density at radius 1 is 1.15 bits per heavy atom. The molecule has 3 rings (SSSR count). The van der Waals surface area contributed by atoms with Gasteiger partial charge in [0.05, 0.1) is 17.9 Å². The zero-order chi connectivity index (χ0) is 24.3. The van der Waals surface area contributed by atoms with Crippen molar-refractivity contribution in [3.05, 3.63) is 69.7 Å². The normalized spacial score (nSPS) is 25.0. The van der Waals surface area contributed by atoms with E-state index in [2.05, 4.69) is 0 Å². The van der Waals surface area contributed by atoms with E-state index in [1.165, 1.54) is 0 Å². The van der Waals surface area contributed by atoms with Crippen LogP contribution in [0.1, 0.15) is 63.1 Å². The molecule has 7 heteroatoms. The van der Waals surface area contributed by atoms with Gasteiger partial charge in [0.25, 0.3) is 0 Å². The molecule has 1 aliphatic rings. The molecular formula is C26H31Cl2NO4. The molecule has 1 aliphatic heterocycles. The average molecular weight is 492 g/mol. The van der Waals surface area contributed by atoms with Crippen molar-refractivity contribution in [2.45, 2.75) is 58.0 Å². The molecule has 0 saturated carbocycles. The SMILES string of the molecule is CC[C@@H]([C@H](C)CO)N1C(=O)[C@@](C)(CC(=O)O)C[C@H](c2cccc(Cl)c2)[C@H]1c1ccc(Cl)cc1. The molecular weight excluding hydrogens is 461 g/mol. The Morgan fingerprint density at radius 3 is 2.36 bits per heavy atom. The van der Waals surface area contributed by atoms with Gasteiger partial charge in [0, 0.05) is 28.6 Å². The summed E-state index contributed by atoms with van der Waals surface area (Å²) in [6, 6.07) is 14.4. The number of likely N-dealkylation sites (tertiary alicyclic amines) is 1. The van der Waals surface area contributed by atoms with Crippen LogP contribution in [-0.2, 0) is 9.59 Å². The molecule has 1 saturated heterocycles. The van der Waals surface area contributed by atoms with Crippen LogP contribution in [0.25, 0.3) is 0 Å². The number of halogens is 2. The van der Waals surface area contributed by atoms with E-state index in [9.17, 15) is 19.8 Å². The average Bonchev–Trinajstić information content (AvgIpc) is 2.77. The summed E-state index contributed by atoms with van der Waals surface area (Å²) in [6.45, 7) is 5.56. The summed E-state index contributed by atoms with van der Waals surface area (Å²) in [6.07, 6.45) is 0.728. The maximum Gasteiger partial charge on any atom is 0.304 e. The van der Waals surface area contributed by atoms with Crippen LogP contribution in [-0.4, -0.2) is 39.6 Å². The number of benzene rings is 2. The van der Waals surface area contributed by atoms with Gasteiger partial charge in [-0.2, -0.15) is 0 Å². The highest BCUT2D eigenvalue weighted by Crippen LogP contribution is 2.52. The molecule has 1 fully saturated rings. The summed E-state index contributed by atoms with van der Waals surface area (Å²) >= 11 is 12.5. The fraction of sp³-hybridized carbons (Fsp3) is 0.462. The molecule has 2 aromatic carbocycles. The summed E-state index contributed by atoms with van der Waals surface area (Å²) in [7, 11) is 0.